The van der Waals surface area contributed by atoms with Crippen LogP contribution in [0.25, 0.3) is 0 Å². The van der Waals surface area contributed by atoms with Crippen LogP contribution in [0.15, 0.2) is 18.2 Å². The molecule has 1 aromatic rings. The Kier molecular flexibility index (Phi) is 3.59. The zero-order chi connectivity index (χ0) is 16.4. The van der Waals surface area contributed by atoms with Gasteiger partial charge in [-0.05, 0) is 31.5 Å². The lowest BCUT2D eigenvalue weighted by molar-refractivity contribution is -1.18. The average molecular weight is 355 g/mol. The standard InChI is InChI=1S/C18H22Cl2N2O/c1-3-6-18-10-21-8-17(2,16(18)23)9-22(11-18)15(21)13-5-4-12(19)7-14(13)20/h4-5,7,15H,3,6,8-11H2,1-2H3/p+2. The first-order valence-corrected chi connectivity index (χ1v) is 9.33. The summed E-state index contributed by atoms with van der Waals surface area (Å²) in [4.78, 5) is 16.1. The van der Waals surface area contributed by atoms with Gasteiger partial charge < -0.3 is 0 Å². The van der Waals surface area contributed by atoms with E-state index < -0.39 is 0 Å². The molecule has 23 heavy (non-hydrogen) atoms. The molecule has 0 saturated carbocycles. The van der Waals surface area contributed by atoms with Crippen LogP contribution in [0.4, 0.5) is 0 Å². The summed E-state index contributed by atoms with van der Waals surface area (Å²) in [6.07, 6.45) is 2.44. The molecule has 4 bridgehead atoms. The van der Waals surface area contributed by atoms with Gasteiger partial charge >= 0.3 is 0 Å². The predicted molar refractivity (Wildman–Crippen MR) is 91.1 cm³/mol. The maximum absolute atomic E-state index is 13.1. The highest BCUT2D eigenvalue weighted by Crippen LogP contribution is 2.40. The minimum Gasteiger partial charge on any atom is -0.297 e. The monoisotopic (exact) mass is 354 g/mol. The second-order valence-corrected chi connectivity index (χ2v) is 8.89. The van der Waals surface area contributed by atoms with Gasteiger partial charge in [-0.1, -0.05) is 36.5 Å². The van der Waals surface area contributed by atoms with E-state index in [0.29, 0.717) is 17.0 Å². The number of quaternary nitrogens is 2. The van der Waals surface area contributed by atoms with Gasteiger partial charge in [-0.2, -0.15) is 0 Å². The van der Waals surface area contributed by atoms with Crippen LogP contribution in [-0.2, 0) is 4.79 Å². The summed E-state index contributed by atoms with van der Waals surface area (Å²) >= 11 is 12.6. The van der Waals surface area contributed by atoms with Crippen molar-refractivity contribution in [2.45, 2.75) is 32.9 Å². The number of nitrogens with one attached hydrogen (secondary N) is 2. The Hall–Kier alpha value is -0.610. The molecule has 0 spiro atoms. The fourth-order valence-electron chi connectivity index (χ4n) is 5.72. The van der Waals surface area contributed by atoms with Crippen molar-refractivity contribution >= 4 is 29.0 Å². The van der Waals surface area contributed by atoms with Crippen molar-refractivity contribution in [1.29, 1.82) is 0 Å². The molecular weight excluding hydrogens is 331 g/mol. The molecule has 0 radical (unpaired) electrons. The summed E-state index contributed by atoms with van der Waals surface area (Å²) < 4.78 is 0. The highest BCUT2D eigenvalue weighted by molar-refractivity contribution is 6.35. The summed E-state index contributed by atoms with van der Waals surface area (Å²) in [5, 5.41) is 1.44. The Balaban J connectivity index is 1.74. The van der Waals surface area contributed by atoms with E-state index >= 15 is 0 Å². The molecule has 2 atom stereocenters. The summed E-state index contributed by atoms with van der Waals surface area (Å²) in [5.74, 6) is 0.528. The minimum absolute atomic E-state index is 0.111. The number of hydrogen-bond acceptors (Lipinski definition) is 1. The van der Waals surface area contributed by atoms with E-state index in [1.165, 1.54) is 15.4 Å². The summed E-state index contributed by atoms with van der Waals surface area (Å²) in [5.41, 5.74) is 0.911. The largest absolute Gasteiger partial charge is 0.297 e. The second-order valence-electron chi connectivity index (χ2n) is 8.04. The van der Waals surface area contributed by atoms with E-state index in [-0.39, 0.29) is 10.8 Å². The van der Waals surface area contributed by atoms with E-state index in [4.69, 9.17) is 23.2 Å². The Morgan fingerprint density at radius 1 is 1.17 bits per heavy atom. The predicted octanol–water partition coefficient (Wildman–Crippen LogP) is 1.16. The minimum atomic E-state index is -0.161. The highest BCUT2D eigenvalue weighted by Gasteiger charge is 2.69. The summed E-state index contributed by atoms with van der Waals surface area (Å²) in [6, 6.07) is 5.86. The quantitative estimate of drug-likeness (QED) is 0.836. The van der Waals surface area contributed by atoms with Gasteiger partial charge in [0.05, 0.1) is 23.7 Å². The van der Waals surface area contributed by atoms with Crippen LogP contribution >= 0.6 is 23.2 Å². The third-order valence-corrected chi connectivity index (χ3v) is 6.78. The van der Waals surface area contributed by atoms with Gasteiger partial charge in [0.2, 0.25) is 6.17 Å². The SMILES string of the molecule is CCCC12C[NH+]3CC(C)(C[NH+](C1)C3c1ccc(Cl)cc1Cl)C2=O. The molecule has 4 fully saturated rings. The number of halogens is 2. The zero-order valence-electron chi connectivity index (χ0n) is 13.7. The van der Waals surface area contributed by atoms with Crippen molar-refractivity contribution in [3.63, 3.8) is 0 Å². The molecule has 4 saturated heterocycles. The van der Waals surface area contributed by atoms with Gasteiger partial charge in [-0.25, -0.2) is 0 Å². The van der Waals surface area contributed by atoms with Crippen LogP contribution in [0.2, 0.25) is 10.0 Å². The van der Waals surface area contributed by atoms with E-state index in [2.05, 4.69) is 19.9 Å². The van der Waals surface area contributed by atoms with Gasteiger partial charge in [0, 0.05) is 5.02 Å². The molecule has 5 heteroatoms. The van der Waals surface area contributed by atoms with Crippen LogP contribution in [0.1, 0.15) is 38.4 Å². The number of carbonyl (C=O) groups excluding carboxylic acids is 1. The number of Topliss-reactive ketones (excluding diaryl/α,β-unsaturated/α-hetero) is 1. The molecule has 3 nitrogen and oxygen atoms in total. The molecule has 0 aliphatic carbocycles. The molecule has 4 aliphatic heterocycles. The maximum atomic E-state index is 13.1. The molecule has 124 valence electrons. The van der Waals surface area contributed by atoms with Crippen molar-refractivity contribution in [3.05, 3.63) is 33.8 Å². The second kappa shape index (κ2) is 5.19. The number of carbonyl (C=O) groups is 1. The van der Waals surface area contributed by atoms with E-state index in [1.54, 1.807) is 0 Å². The lowest BCUT2D eigenvalue weighted by Crippen LogP contribution is -3.41. The van der Waals surface area contributed by atoms with Crippen LogP contribution in [0.5, 0.6) is 0 Å². The number of piperidine rings is 2. The van der Waals surface area contributed by atoms with E-state index in [1.807, 2.05) is 12.1 Å². The molecule has 0 aromatic heterocycles. The lowest BCUT2D eigenvalue weighted by Gasteiger charge is -2.59. The van der Waals surface area contributed by atoms with Gasteiger partial charge in [-0.3, -0.25) is 14.6 Å². The Morgan fingerprint density at radius 2 is 1.83 bits per heavy atom. The lowest BCUT2D eigenvalue weighted by atomic mass is 9.59. The Labute approximate surface area is 147 Å². The number of benzene rings is 1. The van der Waals surface area contributed by atoms with Crippen molar-refractivity contribution in [1.82, 2.24) is 0 Å². The van der Waals surface area contributed by atoms with Crippen molar-refractivity contribution in [2.24, 2.45) is 10.8 Å². The fraction of sp³-hybridized carbons (Fsp3) is 0.611. The topological polar surface area (TPSA) is 26.0 Å². The maximum Gasteiger partial charge on any atom is 0.241 e. The normalized spacial score (nSPS) is 41.6. The summed E-state index contributed by atoms with van der Waals surface area (Å²) in [7, 11) is 0. The fourth-order valence-corrected chi connectivity index (χ4v) is 6.24. The van der Waals surface area contributed by atoms with Gasteiger partial charge in [0.25, 0.3) is 0 Å². The molecular formula is C18H24Cl2N2O+2. The first-order valence-electron chi connectivity index (χ1n) is 8.58. The van der Waals surface area contributed by atoms with Crippen LogP contribution < -0.4 is 9.80 Å². The number of rotatable bonds is 3. The smallest absolute Gasteiger partial charge is 0.241 e. The van der Waals surface area contributed by atoms with Crippen molar-refractivity contribution in [2.75, 3.05) is 26.2 Å². The molecule has 4 aliphatic rings. The Morgan fingerprint density at radius 3 is 2.39 bits per heavy atom. The van der Waals surface area contributed by atoms with Gasteiger partial charge in [-0.15, -0.1) is 0 Å². The molecule has 0 amide bonds. The van der Waals surface area contributed by atoms with Crippen LogP contribution in [0.3, 0.4) is 0 Å². The van der Waals surface area contributed by atoms with Crippen LogP contribution in [-0.4, -0.2) is 32.0 Å². The first-order chi connectivity index (χ1) is 10.9. The van der Waals surface area contributed by atoms with E-state index in [9.17, 15) is 4.79 Å². The van der Waals surface area contributed by atoms with Gasteiger partial charge in [0.1, 0.15) is 23.9 Å². The van der Waals surface area contributed by atoms with E-state index in [0.717, 1.165) is 44.0 Å². The molecule has 2 unspecified atom stereocenters. The molecule has 2 N–H and O–H groups in total. The molecule has 4 heterocycles. The average Bonchev–Trinajstić information content (AvgIpc) is 2.45. The number of ketones is 1. The van der Waals surface area contributed by atoms with Crippen LogP contribution in [0, 0.1) is 10.8 Å². The highest BCUT2D eigenvalue weighted by atomic mass is 35.5. The zero-order valence-corrected chi connectivity index (χ0v) is 15.2. The van der Waals surface area contributed by atoms with Gasteiger partial charge in [0.15, 0.2) is 5.78 Å². The van der Waals surface area contributed by atoms with Crippen molar-refractivity contribution < 1.29 is 14.6 Å². The molecule has 5 rings (SSSR count). The third kappa shape index (κ3) is 2.21. The molecule has 1 aromatic carbocycles. The first kappa shape index (κ1) is 15.9. The van der Waals surface area contributed by atoms with Crippen molar-refractivity contribution in [3.8, 4) is 0 Å². The summed E-state index contributed by atoms with van der Waals surface area (Å²) in [6.45, 7) is 8.16. The Bertz CT molecular complexity index is 659. The number of hydrogen-bond donors (Lipinski definition) is 2. The third-order valence-electron chi connectivity index (χ3n) is 6.21.